The maximum absolute atomic E-state index is 9.83. The Morgan fingerprint density at radius 2 is 1.56 bits per heavy atom. The number of phenolic OH excluding ortho intramolecular Hbond substituents is 1. The third-order valence-corrected chi connectivity index (χ3v) is 2.58. The van der Waals surface area contributed by atoms with Crippen LogP contribution in [0, 0.1) is 0 Å². The molecule has 0 aliphatic carbocycles. The molecule has 1 N–H and O–H groups in total. The molecule has 0 heterocycles. The summed E-state index contributed by atoms with van der Waals surface area (Å²) in [6, 6.07) is 15.5. The van der Waals surface area contributed by atoms with Crippen LogP contribution >= 0.6 is 0 Å². The molecule has 0 saturated carbocycles. The zero-order chi connectivity index (χ0) is 11.4. The Morgan fingerprint density at radius 1 is 0.938 bits per heavy atom. The van der Waals surface area contributed by atoms with Gasteiger partial charge in [0.15, 0.2) is 0 Å². The number of aromatic hydroxyl groups is 1. The van der Waals surface area contributed by atoms with Crippen molar-refractivity contribution in [2.24, 2.45) is 0 Å². The van der Waals surface area contributed by atoms with E-state index in [2.05, 4.69) is 12.6 Å². The minimum Gasteiger partial charge on any atom is -0.507 e. The maximum atomic E-state index is 9.83. The highest BCUT2D eigenvalue weighted by atomic mass is 16.3. The molecule has 0 aromatic heterocycles. The molecular weight excluding hydrogens is 196 g/mol. The number of para-hydroxylation sites is 1. The van der Waals surface area contributed by atoms with Crippen LogP contribution in [0.25, 0.3) is 11.1 Å². The van der Waals surface area contributed by atoms with Gasteiger partial charge in [-0.3, -0.25) is 0 Å². The first-order valence-corrected chi connectivity index (χ1v) is 5.30. The average Bonchev–Trinajstić information content (AvgIpc) is 2.31. The molecule has 2 rings (SSSR count). The van der Waals surface area contributed by atoms with Crippen LogP contribution < -0.4 is 0 Å². The Balaban J connectivity index is 2.55. The lowest BCUT2D eigenvalue weighted by Crippen LogP contribution is -1.87. The minimum atomic E-state index is 0.319. The van der Waals surface area contributed by atoms with Crippen LogP contribution in [0.3, 0.4) is 0 Å². The van der Waals surface area contributed by atoms with Crippen molar-refractivity contribution in [3.8, 4) is 16.9 Å². The molecule has 0 fully saturated rings. The normalized spacial score (nSPS) is 10.0. The molecule has 0 bridgehead atoms. The van der Waals surface area contributed by atoms with Gasteiger partial charge in [0.2, 0.25) is 0 Å². The second kappa shape index (κ2) is 4.67. The number of hydrogen-bond donors (Lipinski definition) is 1. The van der Waals surface area contributed by atoms with Crippen LogP contribution in [0.4, 0.5) is 0 Å². The lowest BCUT2D eigenvalue weighted by atomic mass is 9.97. The number of benzene rings is 2. The molecule has 2 aromatic carbocycles. The van der Waals surface area contributed by atoms with Crippen LogP contribution in [0.5, 0.6) is 5.75 Å². The van der Waals surface area contributed by atoms with E-state index in [0.29, 0.717) is 5.75 Å². The highest BCUT2D eigenvalue weighted by molar-refractivity contribution is 5.73. The number of allylic oxidation sites excluding steroid dienone is 1. The second-order valence-corrected chi connectivity index (χ2v) is 3.67. The Bertz CT molecular complexity index is 500. The molecule has 80 valence electrons. The van der Waals surface area contributed by atoms with E-state index in [4.69, 9.17) is 0 Å². The van der Waals surface area contributed by atoms with Gasteiger partial charge in [-0.15, -0.1) is 6.58 Å². The summed E-state index contributed by atoms with van der Waals surface area (Å²) in [6.07, 6.45) is 2.68. The van der Waals surface area contributed by atoms with Gasteiger partial charge in [-0.2, -0.15) is 0 Å². The van der Waals surface area contributed by atoms with E-state index in [9.17, 15) is 5.11 Å². The van der Waals surface area contributed by atoms with Crippen LogP contribution in [0.15, 0.2) is 61.2 Å². The van der Waals surface area contributed by atoms with Crippen molar-refractivity contribution in [2.45, 2.75) is 6.42 Å². The SMILES string of the molecule is C=CCc1ccccc1-c1ccccc1O. The highest BCUT2D eigenvalue weighted by Crippen LogP contribution is 2.31. The summed E-state index contributed by atoms with van der Waals surface area (Å²) in [5.41, 5.74) is 3.12. The van der Waals surface area contributed by atoms with Crippen molar-refractivity contribution in [1.29, 1.82) is 0 Å². The van der Waals surface area contributed by atoms with E-state index >= 15 is 0 Å². The summed E-state index contributed by atoms with van der Waals surface area (Å²) in [5, 5.41) is 9.83. The summed E-state index contributed by atoms with van der Waals surface area (Å²) in [6.45, 7) is 3.75. The first-order chi connectivity index (χ1) is 7.83. The monoisotopic (exact) mass is 210 g/mol. The van der Waals surface area contributed by atoms with E-state index in [1.807, 2.05) is 42.5 Å². The predicted molar refractivity (Wildman–Crippen MR) is 67.4 cm³/mol. The van der Waals surface area contributed by atoms with E-state index in [1.54, 1.807) is 6.07 Å². The summed E-state index contributed by atoms with van der Waals surface area (Å²) in [7, 11) is 0. The fourth-order valence-corrected chi connectivity index (χ4v) is 1.82. The molecule has 2 aromatic rings. The standard InChI is InChI=1S/C15H14O/c1-2-7-12-8-3-4-9-13(12)14-10-5-6-11-15(14)16/h2-6,8-11,16H,1,7H2. The maximum Gasteiger partial charge on any atom is 0.123 e. The largest absolute Gasteiger partial charge is 0.507 e. The van der Waals surface area contributed by atoms with Crippen LogP contribution in [0.1, 0.15) is 5.56 Å². The van der Waals surface area contributed by atoms with Crippen LogP contribution in [0.2, 0.25) is 0 Å². The Labute approximate surface area is 95.7 Å². The van der Waals surface area contributed by atoms with Gasteiger partial charge in [0.1, 0.15) is 5.75 Å². The third kappa shape index (κ3) is 1.98. The summed E-state index contributed by atoms with van der Waals surface area (Å²) in [4.78, 5) is 0. The minimum absolute atomic E-state index is 0.319. The molecule has 0 unspecified atom stereocenters. The topological polar surface area (TPSA) is 20.2 Å². The van der Waals surface area contributed by atoms with Gasteiger partial charge in [-0.05, 0) is 23.6 Å². The smallest absolute Gasteiger partial charge is 0.123 e. The van der Waals surface area contributed by atoms with Crippen molar-refractivity contribution < 1.29 is 5.11 Å². The molecule has 0 aliphatic rings. The fourth-order valence-electron chi connectivity index (χ4n) is 1.82. The van der Waals surface area contributed by atoms with Gasteiger partial charge in [0.25, 0.3) is 0 Å². The van der Waals surface area contributed by atoms with Gasteiger partial charge in [0, 0.05) is 5.56 Å². The Kier molecular flexibility index (Phi) is 3.06. The first kappa shape index (κ1) is 10.5. The zero-order valence-electron chi connectivity index (χ0n) is 9.06. The Morgan fingerprint density at radius 3 is 2.25 bits per heavy atom. The van der Waals surface area contributed by atoms with E-state index in [-0.39, 0.29) is 0 Å². The van der Waals surface area contributed by atoms with E-state index < -0.39 is 0 Å². The summed E-state index contributed by atoms with van der Waals surface area (Å²) in [5.74, 6) is 0.319. The van der Waals surface area contributed by atoms with Crippen molar-refractivity contribution in [1.82, 2.24) is 0 Å². The fraction of sp³-hybridized carbons (Fsp3) is 0.0667. The van der Waals surface area contributed by atoms with Crippen molar-refractivity contribution in [3.05, 3.63) is 66.7 Å². The molecule has 1 nitrogen and oxygen atoms in total. The lowest BCUT2D eigenvalue weighted by Gasteiger charge is -2.09. The van der Waals surface area contributed by atoms with Crippen LogP contribution in [-0.2, 0) is 6.42 Å². The molecule has 1 heteroatoms. The molecule has 0 aliphatic heterocycles. The van der Waals surface area contributed by atoms with Gasteiger partial charge in [-0.25, -0.2) is 0 Å². The summed E-state index contributed by atoms with van der Waals surface area (Å²) >= 11 is 0. The lowest BCUT2D eigenvalue weighted by molar-refractivity contribution is 0.477. The van der Waals surface area contributed by atoms with Crippen LogP contribution in [-0.4, -0.2) is 5.11 Å². The van der Waals surface area contributed by atoms with Crippen molar-refractivity contribution in [2.75, 3.05) is 0 Å². The number of phenols is 1. The highest BCUT2D eigenvalue weighted by Gasteiger charge is 2.06. The summed E-state index contributed by atoms with van der Waals surface area (Å²) < 4.78 is 0. The first-order valence-electron chi connectivity index (χ1n) is 5.30. The van der Waals surface area contributed by atoms with E-state index in [1.165, 1.54) is 5.56 Å². The predicted octanol–water partition coefficient (Wildman–Crippen LogP) is 3.79. The van der Waals surface area contributed by atoms with Gasteiger partial charge < -0.3 is 5.11 Å². The number of rotatable bonds is 3. The van der Waals surface area contributed by atoms with Gasteiger partial charge in [-0.1, -0.05) is 48.5 Å². The Hall–Kier alpha value is -2.02. The molecule has 16 heavy (non-hydrogen) atoms. The van der Waals surface area contributed by atoms with E-state index in [0.717, 1.165) is 17.5 Å². The molecule has 0 spiro atoms. The molecule has 0 atom stereocenters. The quantitative estimate of drug-likeness (QED) is 0.764. The van der Waals surface area contributed by atoms with Crippen molar-refractivity contribution >= 4 is 0 Å². The molecule has 0 amide bonds. The third-order valence-electron chi connectivity index (χ3n) is 2.58. The molecular formula is C15H14O. The molecule has 0 saturated heterocycles. The van der Waals surface area contributed by atoms with Crippen molar-refractivity contribution in [3.63, 3.8) is 0 Å². The molecule has 0 radical (unpaired) electrons. The van der Waals surface area contributed by atoms with Gasteiger partial charge >= 0.3 is 0 Å². The second-order valence-electron chi connectivity index (χ2n) is 3.67. The zero-order valence-corrected chi connectivity index (χ0v) is 9.06. The average molecular weight is 210 g/mol. The number of hydrogen-bond acceptors (Lipinski definition) is 1. The van der Waals surface area contributed by atoms with Gasteiger partial charge in [0.05, 0.1) is 0 Å².